The van der Waals surface area contributed by atoms with Crippen LogP contribution in [0, 0.1) is 5.82 Å². The van der Waals surface area contributed by atoms with Crippen LogP contribution in [0.1, 0.15) is 28.4 Å². The molecule has 146 valence electrons. The van der Waals surface area contributed by atoms with E-state index in [2.05, 4.69) is 6.92 Å². The first-order valence-electron chi connectivity index (χ1n) is 9.77. The Kier molecular flexibility index (Phi) is 5.15. The molecule has 0 aromatic heterocycles. The van der Waals surface area contributed by atoms with Crippen molar-refractivity contribution < 1.29 is 28.8 Å². The summed E-state index contributed by atoms with van der Waals surface area (Å²) in [7, 11) is 0. The largest absolute Gasteiger partial charge is 0.507 e. The third-order valence-electron chi connectivity index (χ3n) is 5.67. The van der Waals surface area contributed by atoms with Crippen molar-refractivity contribution in [1.82, 2.24) is 0 Å². The number of piperazine rings is 1. The number of halogens is 1. The summed E-state index contributed by atoms with van der Waals surface area (Å²) in [4.78, 5) is 15.7. The van der Waals surface area contributed by atoms with Crippen LogP contribution in [0.25, 0.3) is 6.08 Å². The molecule has 0 unspecified atom stereocenters. The van der Waals surface area contributed by atoms with Crippen LogP contribution in [0.4, 0.5) is 4.39 Å². The number of ketones is 1. The summed E-state index contributed by atoms with van der Waals surface area (Å²) in [6.45, 7) is 8.23. The lowest BCUT2D eigenvalue weighted by Gasteiger charge is -2.29. The number of quaternary nitrogens is 2. The number of ether oxygens (including phenoxy) is 1. The van der Waals surface area contributed by atoms with Gasteiger partial charge in [0.15, 0.2) is 11.5 Å². The van der Waals surface area contributed by atoms with Crippen LogP contribution in [0.15, 0.2) is 42.2 Å². The molecule has 2 aromatic rings. The minimum atomic E-state index is -0.329. The second kappa shape index (κ2) is 7.73. The van der Waals surface area contributed by atoms with Crippen LogP contribution >= 0.6 is 0 Å². The molecule has 28 heavy (non-hydrogen) atoms. The highest BCUT2D eigenvalue weighted by atomic mass is 19.1. The maximum absolute atomic E-state index is 13.1. The van der Waals surface area contributed by atoms with Crippen LogP contribution in [0.2, 0.25) is 0 Å². The minimum absolute atomic E-state index is 0.160. The summed E-state index contributed by atoms with van der Waals surface area (Å²) in [5, 5.41) is 10.4. The molecule has 0 atom stereocenters. The molecule has 3 N–H and O–H groups in total. The fourth-order valence-corrected chi connectivity index (χ4v) is 3.92. The van der Waals surface area contributed by atoms with Crippen LogP contribution in [-0.4, -0.2) is 43.6 Å². The fraction of sp³-hybridized carbons (Fsp3) is 0.318. The number of carbonyl (C=O) groups excluding carboxylic acids is 1. The highest BCUT2D eigenvalue weighted by Gasteiger charge is 2.33. The van der Waals surface area contributed by atoms with Crippen LogP contribution in [-0.2, 0) is 6.54 Å². The lowest BCUT2D eigenvalue weighted by atomic mass is 10.0. The molecule has 0 radical (unpaired) electrons. The number of likely N-dealkylation sites (N-methyl/N-ethyl adjacent to an activating group) is 1. The average Bonchev–Trinajstić information content (AvgIpc) is 3.02. The fourth-order valence-electron chi connectivity index (χ4n) is 3.92. The van der Waals surface area contributed by atoms with Gasteiger partial charge >= 0.3 is 0 Å². The van der Waals surface area contributed by atoms with Gasteiger partial charge in [0, 0.05) is 0 Å². The third-order valence-corrected chi connectivity index (χ3v) is 5.67. The second-order valence-corrected chi connectivity index (χ2v) is 7.46. The summed E-state index contributed by atoms with van der Waals surface area (Å²) in [5.74, 6) is 0.271. The van der Waals surface area contributed by atoms with Gasteiger partial charge < -0.3 is 19.6 Å². The normalized spacial score (nSPS) is 22.9. The van der Waals surface area contributed by atoms with Crippen molar-refractivity contribution in [2.24, 2.45) is 0 Å². The number of phenolic OH excluding ortho intramolecular Hbond substituents is 1. The van der Waals surface area contributed by atoms with Crippen molar-refractivity contribution in [2.75, 3.05) is 32.7 Å². The van der Waals surface area contributed by atoms with E-state index in [1.807, 2.05) is 0 Å². The van der Waals surface area contributed by atoms with E-state index in [9.17, 15) is 14.3 Å². The lowest BCUT2D eigenvalue weighted by molar-refractivity contribution is -1.02. The van der Waals surface area contributed by atoms with E-state index < -0.39 is 0 Å². The number of phenols is 1. The van der Waals surface area contributed by atoms with E-state index in [1.54, 1.807) is 35.2 Å². The summed E-state index contributed by atoms with van der Waals surface area (Å²) >= 11 is 0. The number of nitrogens with one attached hydrogen (secondary N) is 2. The van der Waals surface area contributed by atoms with E-state index in [1.165, 1.54) is 17.0 Å². The Bertz CT molecular complexity index is 916. The molecule has 0 bridgehead atoms. The van der Waals surface area contributed by atoms with Crippen molar-refractivity contribution in [2.45, 2.75) is 13.5 Å². The molecular weight excluding hydrogens is 359 g/mol. The van der Waals surface area contributed by atoms with E-state index in [0.29, 0.717) is 29.0 Å². The molecule has 2 aliphatic rings. The highest BCUT2D eigenvalue weighted by molar-refractivity contribution is 6.14. The molecule has 0 saturated carbocycles. The molecule has 1 fully saturated rings. The van der Waals surface area contributed by atoms with Gasteiger partial charge in [-0.1, -0.05) is 12.1 Å². The Hall–Kier alpha value is -2.70. The molecule has 1 saturated heterocycles. The van der Waals surface area contributed by atoms with E-state index >= 15 is 0 Å². The molecule has 6 heteroatoms. The number of hydrogen-bond acceptors (Lipinski definition) is 3. The second-order valence-electron chi connectivity index (χ2n) is 7.46. The molecule has 2 aromatic carbocycles. The predicted molar refractivity (Wildman–Crippen MR) is 103 cm³/mol. The van der Waals surface area contributed by atoms with Crippen LogP contribution < -0.4 is 14.5 Å². The Morgan fingerprint density at radius 1 is 1.07 bits per heavy atom. The maximum atomic E-state index is 13.1. The van der Waals surface area contributed by atoms with Crippen molar-refractivity contribution in [3.05, 3.63) is 64.7 Å². The smallest absolute Gasteiger partial charge is 0.231 e. The number of carbonyl (C=O) groups is 1. The minimum Gasteiger partial charge on any atom is -0.507 e. The number of allylic oxidation sites excluding steroid dienone is 1. The summed E-state index contributed by atoms with van der Waals surface area (Å²) < 4.78 is 19.0. The Labute approximate surface area is 163 Å². The molecule has 0 aliphatic carbocycles. The van der Waals surface area contributed by atoms with Gasteiger partial charge in [0.05, 0.1) is 17.7 Å². The van der Waals surface area contributed by atoms with Crippen molar-refractivity contribution in [3.63, 3.8) is 0 Å². The van der Waals surface area contributed by atoms with E-state index in [0.717, 1.165) is 32.7 Å². The summed E-state index contributed by atoms with van der Waals surface area (Å²) in [6, 6.07) is 9.06. The molecule has 2 aliphatic heterocycles. The van der Waals surface area contributed by atoms with E-state index in [4.69, 9.17) is 4.74 Å². The Balaban J connectivity index is 1.58. The van der Waals surface area contributed by atoms with Gasteiger partial charge in [-0.3, -0.25) is 4.79 Å². The topological polar surface area (TPSA) is 55.4 Å². The zero-order valence-corrected chi connectivity index (χ0v) is 15.9. The average molecular weight is 384 g/mol. The van der Waals surface area contributed by atoms with Gasteiger partial charge in [-0.25, -0.2) is 4.39 Å². The van der Waals surface area contributed by atoms with Crippen LogP contribution in [0.5, 0.6) is 11.5 Å². The quantitative estimate of drug-likeness (QED) is 0.671. The van der Waals surface area contributed by atoms with Gasteiger partial charge in [0.2, 0.25) is 5.78 Å². The summed E-state index contributed by atoms with van der Waals surface area (Å²) in [5.41, 5.74) is 1.84. The van der Waals surface area contributed by atoms with Crippen molar-refractivity contribution in [1.29, 1.82) is 0 Å². The monoisotopic (exact) mass is 384 g/mol. The first-order valence-corrected chi connectivity index (χ1v) is 9.77. The van der Waals surface area contributed by atoms with Gasteiger partial charge in [-0.05, 0) is 42.8 Å². The number of benzene rings is 2. The van der Waals surface area contributed by atoms with Crippen molar-refractivity contribution >= 4 is 11.9 Å². The lowest BCUT2D eigenvalue weighted by Crippen LogP contribution is -3.27. The maximum Gasteiger partial charge on any atom is 0.231 e. The highest BCUT2D eigenvalue weighted by Crippen LogP contribution is 2.39. The standard InChI is InChI=1S/C22H23FN2O3/c1-2-24-9-11-25(12-10-24)14-18-19(26)8-7-17-21(27)20(28-22(17)18)13-15-3-5-16(23)6-4-15/h3-8,13,26H,2,9-12,14H2,1H3/p+2. The predicted octanol–water partition coefficient (Wildman–Crippen LogP) is 0.451. The molecule has 5 nitrogen and oxygen atoms in total. The van der Waals surface area contributed by atoms with Gasteiger partial charge in [0.1, 0.15) is 44.3 Å². The Morgan fingerprint density at radius 3 is 2.43 bits per heavy atom. The first kappa shape index (κ1) is 18.7. The molecule has 4 rings (SSSR count). The van der Waals surface area contributed by atoms with Gasteiger partial charge in [-0.2, -0.15) is 0 Å². The summed E-state index contributed by atoms with van der Waals surface area (Å²) in [6.07, 6.45) is 1.61. The van der Waals surface area contributed by atoms with Gasteiger partial charge in [0.25, 0.3) is 0 Å². The van der Waals surface area contributed by atoms with Gasteiger partial charge in [-0.15, -0.1) is 0 Å². The molecule has 0 spiro atoms. The zero-order chi connectivity index (χ0) is 19.7. The third kappa shape index (κ3) is 3.66. The van der Waals surface area contributed by atoms with Crippen LogP contribution in [0.3, 0.4) is 0 Å². The molecular formula is C22H25FN2O3+2. The number of hydrogen-bond donors (Lipinski definition) is 3. The number of rotatable bonds is 4. The Morgan fingerprint density at radius 2 is 1.75 bits per heavy atom. The zero-order valence-electron chi connectivity index (χ0n) is 15.9. The number of aromatic hydroxyl groups is 1. The number of Topliss-reactive ketones (excluding diaryl/α,β-unsaturated/α-hetero) is 1. The molecule has 2 heterocycles. The number of fused-ring (bicyclic) bond motifs is 1. The van der Waals surface area contributed by atoms with E-state index in [-0.39, 0.29) is 23.1 Å². The first-order chi connectivity index (χ1) is 13.5. The molecule has 0 amide bonds. The SMILES string of the molecule is CC[NH+]1CC[NH+](Cc2c(O)ccc3c2OC(=Cc2ccc(F)cc2)C3=O)CC1. The van der Waals surface area contributed by atoms with Crippen molar-refractivity contribution in [3.8, 4) is 11.5 Å².